The summed E-state index contributed by atoms with van der Waals surface area (Å²) in [5, 5.41) is 3.15. The minimum absolute atomic E-state index is 0.263. The number of benzene rings is 3. The van der Waals surface area contributed by atoms with Crippen molar-refractivity contribution in [3.63, 3.8) is 0 Å². The summed E-state index contributed by atoms with van der Waals surface area (Å²) in [7, 11) is 1.47. The number of H-pyrrole nitrogens is 1. The number of carbonyl (C=O) groups excluding carboxylic acids is 3. The van der Waals surface area contributed by atoms with E-state index in [2.05, 4.69) is 26.2 Å². The number of thioether (sulfide) groups is 1. The lowest BCUT2D eigenvalue weighted by molar-refractivity contribution is -0.122. The summed E-state index contributed by atoms with van der Waals surface area (Å²) >= 11 is 11.5. The number of thiazole rings is 1. The molecule has 3 unspecified atom stereocenters. The standard InChI is InChI=1S/C29H21BrClN3O6S2/c1-39-20-12-14(2-11-19(20)40-13-21(35)32-17-7-5-16(31)6-8-17)22-23-25(41-26-24(22)42-29(38)33-26)28(37)34(27(23)36)18-9-3-15(30)4-10-18/h2-12,22-23,25H,13H2,1H3,(H,32,35)(H,33,38). The van der Waals surface area contributed by atoms with Crippen molar-refractivity contribution in [2.75, 3.05) is 23.9 Å². The van der Waals surface area contributed by atoms with Crippen LogP contribution in [0, 0.1) is 5.92 Å². The molecule has 1 aromatic heterocycles. The van der Waals surface area contributed by atoms with Gasteiger partial charge in [0.2, 0.25) is 11.8 Å². The SMILES string of the molecule is COc1cc(C2c3sc(=O)[nH]c3SC3C(=O)N(c4ccc(Br)cc4)C(=O)C32)ccc1OCC(=O)Nc1ccc(Cl)cc1. The Labute approximate surface area is 261 Å². The molecule has 9 nitrogen and oxygen atoms in total. The minimum atomic E-state index is -0.744. The van der Waals surface area contributed by atoms with Crippen LogP contribution in [0.4, 0.5) is 11.4 Å². The smallest absolute Gasteiger partial charge is 0.305 e. The predicted octanol–water partition coefficient (Wildman–Crippen LogP) is 5.67. The van der Waals surface area contributed by atoms with Crippen LogP contribution in [0.15, 0.2) is 81.0 Å². The van der Waals surface area contributed by atoms with Crippen LogP contribution in [0.1, 0.15) is 16.4 Å². The third kappa shape index (κ3) is 5.35. The van der Waals surface area contributed by atoms with E-state index in [1.165, 1.54) is 23.8 Å². The highest BCUT2D eigenvalue weighted by Crippen LogP contribution is 2.53. The molecule has 2 aliphatic heterocycles. The number of nitrogens with zero attached hydrogens (tertiary/aromatic N) is 1. The second-order valence-corrected chi connectivity index (χ2v) is 13.0. The number of halogens is 2. The zero-order valence-corrected chi connectivity index (χ0v) is 25.7. The molecule has 3 atom stereocenters. The number of anilines is 2. The quantitative estimate of drug-likeness (QED) is 0.241. The van der Waals surface area contributed by atoms with E-state index in [9.17, 15) is 19.2 Å². The molecule has 1 saturated heterocycles. The maximum absolute atomic E-state index is 13.9. The fourth-order valence-corrected chi connectivity index (χ4v) is 8.00. The van der Waals surface area contributed by atoms with E-state index in [1.54, 1.807) is 66.7 Å². The lowest BCUT2D eigenvalue weighted by Crippen LogP contribution is -2.32. The summed E-state index contributed by atoms with van der Waals surface area (Å²) in [6.07, 6.45) is 0. The Morgan fingerprint density at radius 1 is 1.02 bits per heavy atom. The van der Waals surface area contributed by atoms with Gasteiger partial charge in [0, 0.05) is 26.0 Å². The molecule has 1 fully saturated rings. The van der Waals surface area contributed by atoms with Crippen LogP contribution in [0.5, 0.6) is 11.5 Å². The van der Waals surface area contributed by atoms with Crippen LogP contribution < -0.4 is 24.6 Å². The lowest BCUT2D eigenvalue weighted by atomic mass is 9.83. The highest BCUT2D eigenvalue weighted by molar-refractivity contribution is 9.10. The summed E-state index contributed by atoms with van der Waals surface area (Å²) in [6.45, 7) is -0.276. The first-order valence-electron chi connectivity index (χ1n) is 12.6. The van der Waals surface area contributed by atoms with Crippen molar-refractivity contribution in [1.29, 1.82) is 0 Å². The molecule has 0 radical (unpaired) electrons. The molecule has 3 aromatic carbocycles. The summed E-state index contributed by atoms with van der Waals surface area (Å²) in [4.78, 5) is 56.8. The van der Waals surface area contributed by atoms with Gasteiger partial charge >= 0.3 is 4.87 Å². The molecule has 2 N–H and O–H groups in total. The normalized spacial score (nSPS) is 19.3. The largest absolute Gasteiger partial charge is 0.493 e. The summed E-state index contributed by atoms with van der Waals surface area (Å²) < 4.78 is 12.2. The number of aromatic nitrogens is 1. The van der Waals surface area contributed by atoms with Crippen LogP contribution in [-0.4, -0.2) is 41.7 Å². The van der Waals surface area contributed by atoms with Gasteiger partial charge in [-0.05, 0) is 66.2 Å². The van der Waals surface area contributed by atoms with Crippen LogP contribution in [0.2, 0.25) is 5.02 Å². The fourth-order valence-electron chi connectivity index (χ4n) is 5.09. The zero-order valence-electron chi connectivity index (χ0n) is 21.8. The number of aromatic amines is 1. The summed E-state index contributed by atoms with van der Waals surface area (Å²) in [5.74, 6) is -1.71. The van der Waals surface area contributed by atoms with Crippen LogP contribution in [0.25, 0.3) is 0 Å². The Bertz CT molecular complexity index is 1760. The van der Waals surface area contributed by atoms with Crippen LogP contribution in [-0.2, 0) is 14.4 Å². The highest BCUT2D eigenvalue weighted by atomic mass is 79.9. The summed E-state index contributed by atoms with van der Waals surface area (Å²) in [6, 6.07) is 18.8. The molecule has 214 valence electrons. The Hall–Kier alpha value is -3.58. The first-order valence-corrected chi connectivity index (χ1v) is 15.5. The Morgan fingerprint density at radius 3 is 2.48 bits per heavy atom. The Morgan fingerprint density at radius 2 is 1.76 bits per heavy atom. The molecule has 0 bridgehead atoms. The van der Waals surface area contributed by atoms with E-state index in [1.807, 2.05) is 0 Å². The molecule has 42 heavy (non-hydrogen) atoms. The van der Waals surface area contributed by atoms with Gasteiger partial charge in [0.05, 0.1) is 23.7 Å². The Balaban J connectivity index is 1.29. The van der Waals surface area contributed by atoms with Gasteiger partial charge in [-0.3, -0.25) is 19.2 Å². The van der Waals surface area contributed by atoms with Gasteiger partial charge < -0.3 is 19.8 Å². The number of ether oxygens (including phenoxy) is 2. The number of methoxy groups -OCH3 is 1. The van der Waals surface area contributed by atoms with Gasteiger partial charge in [-0.1, -0.05) is 56.7 Å². The van der Waals surface area contributed by atoms with Gasteiger partial charge in [0.1, 0.15) is 5.25 Å². The number of hydrogen-bond acceptors (Lipinski definition) is 8. The van der Waals surface area contributed by atoms with E-state index in [0.29, 0.717) is 43.4 Å². The topological polar surface area (TPSA) is 118 Å². The molecule has 4 aromatic rings. The maximum Gasteiger partial charge on any atom is 0.305 e. The molecule has 3 amide bonds. The summed E-state index contributed by atoms with van der Waals surface area (Å²) in [5.41, 5.74) is 1.74. The third-order valence-corrected chi connectivity index (χ3v) is 10.1. The van der Waals surface area contributed by atoms with E-state index in [0.717, 1.165) is 15.8 Å². The molecule has 13 heteroatoms. The van der Waals surface area contributed by atoms with Crippen molar-refractivity contribution < 1.29 is 23.9 Å². The molecule has 3 heterocycles. The number of imide groups is 1. The van der Waals surface area contributed by atoms with Crippen molar-refractivity contribution >= 4 is 79.7 Å². The number of rotatable bonds is 7. The first kappa shape index (κ1) is 28.5. The third-order valence-electron chi connectivity index (χ3n) is 6.94. The van der Waals surface area contributed by atoms with Gasteiger partial charge in [0.15, 0.2) is 18.1 Å². The predicted molar refractivity (Wildman–Crippen MR) is 165 cm³/mol. The van der Waals surface area contributed by atoms with Crippen molar-refractivity contribution in [2.24, 2.45) is 5.92 Å². The van der Waals surface area contributed by atoms with Gasteiger partial charge in [0.25, 0.3) is 5.91 Å². The van der Waals surface area contributed by atoms with Crippen LogP contribution >= 0.6 is 50.6 Å². The van der Waals surface area contributed by atoms with Crippen molar-refractivity contribution in [1.82, 2.24) is 4.98 Å². The average molecular weight is 687 g/mol. The maximum atomic E-state index is 13.9. The fraction of sp³-hybridized carbons (Fsp3) is 0.172. The number of amides is 3. The van der Waals surface area contributed by atoms with E-state index < -0.39 is 17.1 Å². The van der Waals surface area contributed by atoms with E-state index in [4.69, 9.17) is 21.1 Å². The molecule has 6 rings (SSSR count). The van der Waals surface area contributed by atoms with E-state index >= 15 is 0 Å². The van der Waals surface area contributed by atoms with Crippen molar-refractivity contribution in [2.45, 2.75) is 16.2 Å². The number of hydrogen-bond donors (Lipinski definition) is 2. The number of nitrogens with one attached hydrogen (secondary N) is 2. The van der Waals surface area contributed by atoms with Crippen molar-refractivity contribution in [3.8, 4) is 11.5 Å². The molecular weight excluding hydrogens is 666 g/mol. The van der Waals surface area contributed by atoms with E-state index in [-0.39, 0.29) is 29.2 Å². The van der Waals surface area contributed by atoms with Gasteiger partial charge in [-0.25, -0.2) is 4.90 Å². The van der Waals surface area contributed by atoms with Crippen molar-refractivity contribution in [3.05, 3.63) is 96.3 Å². The molecule has 2 aliphatic rings. The number of fused-ring (bicyclic) bond motifs is 2. The highest BCUT2D eigenvalue weighted by Gasteiger charge is 2.56. The molecular formula is C29H21BrClN3O6S2. The van der Waals surface area contributed by atoms with Gasteiger partial charge in [-0.15, -0.1) is 0 Å². The average Bonchev–Trinajstić information content (AvgIpc) is 3.47. The molecule has 0 spiro atoms. The minimum Gasteiger partial charge on any atom is -0.493 e. The number of carbonyl (C=O) groups is 3. The second kappa shape index (κ2) is 11.6. The second-order valence-electron chi connectivity index (χ2n) is 9.49. The first-order chi connectivity index (χ1) is 20.2. The van der Waals surface area contributed by atoms with Crippen LogP contribution in [0.3, 0.4) is 0 Å². The lowest BCUT2D eigenvalue weighted by Gasteiger charge is -2.30. The molecule has 0 aliphatic carbocycles. The monoisotopic (exact) mass is 685 g/mol. The van der Waals surface area contributed by atoms with Gasteiger partial charge in [-0.2, -0.15) is 0 Å². The molecule has 0 saturated carbocycles. The Kier molecular flexibility index (Phi) is 7.88. The zero-order chi connectivity index (χ0) is 29.5.